The van der Waals surface area contributed by atoms with Gasteiger partial charge in [0, 0.05) is 24.8 Å². The predicted octanol–water partition coefficient (Wildman–Crippen LogP) is 4.51. The highest BCUT2D eigenvalue weighted by Crippen LogP contribution is 2.15. The standard InChI is InChI=1S/C30H32F2N4O2/c1-3-21-8-7-9-22(13-21)18-33-19-29(37)27(16-23-14-24(31)17-25(32)15-23)34-30(38)28-12-20(2)36(35-28)26-10-5-4-6-11-26/h4-15,17,27,29,33,37H,3,16,18-19H2,1-2H3,(H,34,38)/t27?,29-/m1/s1. The zero-order valence-electron chi connectivity index (χ0n) is 21.5. The van der Waals surface area contributed by atoms with Gasteiger partial charge in [-0.25, -0.2) is 13.5 Å². The van der Waals surface area contributed by atoms with Crippen LogP contribution >= 0.6 is 0 Å². The van der Waals surface area contributed by atoms with Crippen molar-refractivity contribution in [3.63, 3.8) is 0 Å². The zero-order chi connectivity index (χ0) is 27.1. The van der Waals surface area contributed by atoms with Crippen LogP contribution in [0.3, 0.4) is 0 Å². The van der Waals surface area contributed by atoms with Crippen LogP contribution in [0.15, 0.2) is 78.9 Å². The van der Waals surface area contributed by atoms with Crippen LogP contribution < -0.4 is 10.6 Å². The minimum atomic E-state index is -1.03. The largest absolute Gasteiger partial charge is 0.390 e. The fourth-order valence-electron chi connectivity index (χ4n) is 4.39. The molecule has 2 atom stereocenters. The van der Waals surface area contributed by atoms with E-state index in [2.05, 4.69) is 34.8 Å². The Kier molecular flexibility index (Phi) is 8.99. The Balaban J connectivity index is 1.49. The number of amides is 1. The number of aliphatic hydroxyl groups is 1. The fraction of sp³-hybridized carbons (Fsp3) is 0.267. The van der Waals surface area contributed by atoms with Crippen molar-refractivity contribution < 1.29 is 18.7 Å². The molecule has 0 saturated heterocycles. The molecule has 0 spiro atoms. The van der Waals surface area contributed by atoms with Gasteiger partial charge in [0.1, 0.15) is 11.6 Å². The van der Waals surface area contributed by atoms with Gasteiger partial charge in [-0.2, -0.15) is 5.10 Å². The third kappa shape index (κ3) is 7.12. The van der Waals surface area contributed by atoms with Crippen molar-refractivity contribution >= 4 is 5.91 Å². The molecule has 198 valence electrons. The van der Waals surface area contributed by atoms with Crippen molar-refractivity contribution in [1.82, 2.24) is 20.4 Å². The molecule has 3 aromatic carbocycles. The summed E-state index contributed by atoms with van der Waals surface area (Å²) >= 11 is 0. The van der Waals surface area contributed by atoms with Crippen molar-refractivity contribution in [2.45, 2.75) is 45.4 Å². The van der Waals surface area contributed by atoms with E-state index in [1.807, 2.05) is 49.4 Å². The maximum absolute atomic E-state index is 13.9. The Morgan fingerprint density at radius 3 is 2.37 bits per heavy atom. The molecule has 0 radical (unpaired) electrons. The number of carbonyl (C=O) groups is 1. The number of benzene rings is 3. The summed E-state index contributed by atoms with van der Waals surface area (Å²) in [7, 11) is 0. The number of aromatic nitrogens is 2. The second kappa shape index (κ2) is 12.6. The molecule has 0 aliphatic heterocycles. The number of nitrogens with one attached hydrogen (secondary N) is 2. The van der Waals surface area contributed by atoms with Gasteiger partial charge in [-0.1, -0.05) is 49.4 Å². The number of carbonyl (C=O) groups excluding carboxylic acids is 1. The van der Waals surface area contributed by atoms with Gasteiger partial charge in [-0.05, 0) is 66.8 Å². The van der Waals surface area contributed by atoms with E-state index in [1.54, 1.807) is 10.7 Å². The summed E-state index contributed by atoms with van der Waals surface area (Å²) in [6.45, 7) is 4.62. The molecule has 0 aliphatic carbocycles. The van der Waals surface area contributed by atoms with E-state index < -0.39 is 29.7 Å². The predicted molar refractivity (Wildman–Crippen MR) is 143 cm³/mol. The van der Waals surface area contributed by atoms with Gasteiger partial charge in [0.15, 0.2) is 5.69 Å². The van der Waals surface area contributed by atoms with Crippen LogP contribution in [0.1, 0.15) is 39.8 Å². The van der Waals surface area contributed by atoms with Gasteiger partial charge in [-0.15, -0.1) is 0 Å². The number of nitrogens with zero attached hydrogens (tertiary/aromatic N) is 2. The van der Waals surface area contributed by atoms with Crippen LogP contribution in [0.5, 0.6) is 0 Å². The molecule has 38 heavy (non-hydrogen) atoms. The first-order valence-corrected chi connectivity index (χ1v) is 12.7. The summed E-state index contributed by atoms with van der Waals surface area (Å²) < 4.78 is 29.4. The number of hydrogen-bond acceptors (Lipinski definition) is 4. The van der Waals surface area contributed by atoms with Gasteiger partial charge in [0.2, 0.25) is 0 Å². The van der Waals surface area contributed by atoms with Crippen LogP contribution in [0.25, 0.3) is 5.69 Å². The summed E-state index contributed by atoms with van der Waals surface area (Å²) in [6, 6.07) is 21.6. The lowest BCUT2D eigenvalue weighted by Gasteiger charge is -2.24. The summed E-state index contributed by atoms with van der Waals surface area (Å²) in [6.07, 6.45) is -0.0710. The van der Waals surface area contributed by atoms with E-state index in [1.165, 1.54) is 17.7 Å². The highest BCUT2D eigenvalue weighted by molar-refractivity contribution is 5.92. The Hall–Kier alpha value is -3.88. The van der Waals surface area contributed by atoms with E-state index >= 15 is 0 Å². The molecule has 8 heteroatoms. The van der Waals surface area contributed by atoms with Crippen molar-refractivity contribution in [3.05, 3.63) is 119 Å². The molecule has 1 heterocycles. The van der Waals surface area contributed by atoms with Crippen LogP contribution in [-0.2, 0) is 19.4 Å². The summed E-state index contributed by atoms with van der Waals surface area (Å²) in [5.74, 6) is -1.92. The summed E-state index contributed by atoms with van der Waals surface area (Å²) in [5.41, 5.74) is 4.38. The lowest BCUT2D eigenvalue weighted by Crippen LogP contribution is -2.48. The number of rotatable bonds is 11. The second-order valence-corrected chi connectivity index (χ2v) is 9.35. The molecule has 6 nitrogen and oxygen atoms in total. The van der Waals surface area contributed by atoms with Gasteiger partial charge in [-0.3, -0.25) is 4.79 Å². The minimum absolute atomic E-state index is 0.0347. The first-order chi connectivity index (χ1) is 18.3. The first-order valence-electron chi connectivity index (χ1n) is 12.7. The Bertz CT molecular complexity index is 1350. The topological polar surface area (TPSA) is 79.2 Å². The van der Waals surface area contributed by atoms with Gasteiger partial charge >= 0.3 is 0 Å². The Morgan fingerprint density at radius 1 is 0.947 bits per heavy atom. The normalized spacial score (nSPS) is 12.8. The monoisotopic (exact) mass is 518 g/mol. The average molecular weight is 519 g/mol. The molecule has 0 fully saturated rings. The fourth-order valence-corrected chi connectivity index (χ4v) is 4.39. The molecule has 4 aromatic rings. The number of aliphatic hydroxyl groups excluding tert-OH is 1. The molecular formula is C30H32F2N4O2. The second-order valence-electron chi connectivity index (χ2n) is 9.35. The molecule has 4 rings (SSSR count). The van der Waals surface area contributed by atoms with E-state index in [9.17, 15) is 18.7 Å². The van der Waals surface area contributed by atoms with Gasteiger partial charge in [0.25, 0.3) is 5.91 Å². The number of para-hydroxylation sites is 1. The maximum Gasteiger partial charge on any atom is 0.272 e. The number of aryl methyl sites for hydroxylation is 2. The third-order valence-corrected chi connectivity index (χ3v) is 6.36. The Labute approximate surface area is 221 Å². The van der Waals surface area contributed by atoms with Crippen LogP contribution in [0, 0.1) is 18.6 Å². The van der Waals surface area contributed by atoms with Gasteiger partial charge < -0.3 is 15.7 Å². The molecule has 0 saturated carbocycles. The van der Waals surface area contributed by atoms with E-state index in [-0.39, 0.29) is 18.7 Å². The molecule has 3 N–H and O–H groups in total. The molecule has 0 bridgehead atoms. The molecule has 1 aromatic heterocycles. The van der Waals surface area contributed by atoms with Crippen LogP contribution in [0.4, 0.5) is 8.78 Å². The zero-order valence-corrected chi connectivity index (χ0v) is 21.5. The molecular weight excluding hydrogens is 486 g/mol. The molecule has 1 amide bonds. The first kappa shape index (κ1) is 27.2. The van der Waals surface area contributed by atoms with E-state index in [0.717, 1.165) is 29.4 Å². The number of hydrogen-bond donors (Lipinski definition) is 3. The van der Waals surface area contributed by atoms with Crippen molar-refractivity contribution in [2.75, 3.05) is 6.54 Å². The lowest BCUT2D eigenvalue weighted by atomic mass is 10.00. The lowest BCUT2D eigenvalue weighted by molar-refractivity contribution is 0.0825. The summed E-state index contributed by atoms with van der Waals surface area (Å²) in [5, 5.41) is 21.5. The van der Waals surface area contributed by atoms with Crippen molar-refractivity contribution in [1.29, 1.82) is 0 Å². The minimum Gasteiger partial charge on any atom is -0.390 e. The third-order valence-electron chi connectivity index (χ3n) is 6.36. The SMILES string of the molecule is CCc1cccc(CNC[C@@H](O)C(Cc2cc(F)cc(F)c2)NC(=O)c2cc(C)n(-c3ccccc3)n2)c1. The smallest absolute Gasteiger partial charge is 0.272 e. The highest BCUT2D eigenvalue weighted by Gasteiger charge is 2.24. The quantitative estimate of drug-likeness (QED) is 0.273. The van der Waals surface area contributed by atoms with Crippen molar-refractivity contribution in [3.8, 4) is 5.69 Å². The average Bonchev–Trinajstić information content (AvgIpc) is 3.30. The molecule has 0 aliphatic rings. The van der Waals surface area contributed by atoms with Crippen molar-refractivity contribution in [2.24, 2.45) is 0 Å². The van der Waals surface area contributed by atoms with Crippen LogP contribution in [0.2, 0.25) is 0 Å². The summed E-state index contributed by atoms with van der Waals surface area (Å²) in [4.78, 5) is 13.2. The van der Waals surface area contributed by atoms with E-state index in [0.29, 0.717) is 12.1 Å². The maximum atomic E-state index is 13.9. The van der Waals surface area contributed by atoms with E-state index in [4.69, 9.17) is 0 Å². The Morgan fingerprint density at radius 2 is 1.66 bits per heavy atom. The number of halogens is 2. The molecule has 1 unspecified atom stereocenters. The highest BCUT2D eigenvalue weighted by atomic mass is 19.1. The van der Waals surface area contributed by atoms with Crippen LogP contribution in [-0.4, -0.2) is 39.5 Å². The van der Waals surface area contributed by atoms with Gasteiger partial charge in [0.05, 0.1) is 17.8 Å².